The lowest BCUT2D eigenvalue weighted by Gasteiger charge is -2.38. The van der Waals surface area contributed by atoms with Crippen LogP contribution in [0.3, 0.4) is 0 Å². The van der Waals surface area contributed by atoms with Crippen molar-refractivity contribution in [2.45, 2.75) is 25.9 Å². The summed E-state index contributed by atoms with van der Waals surface area (Å²) in [6.07, 6.45) is 3.09. The van der Waals surface area contributed by atoms with Gasteiger partial charge in [-0.15, -0.1) is 0 Å². The third kappa shape index (κ3) is 2.47. The van der Waals surface area contributed by atoms with Crippen molar-refractivity contribution in [3.8, 4) is 0 Å². The number of piperidine rings is 1. The quantitative estimate of drug-likeness (QED) is 0.707. The van der Waals surface area contributed by atoms with Gasteiger partial charge in [0, 0.05) is 13.1 Å². The molecule has 0 aromatic carbocycles. The molecule has 2 fully saturated rings. The van der Waals surface area contributed by atoms with Crippen LogP contribution >= 0.6 is 0 Å². The van der Waals surface area contributed by atoms with E-state index in [4.69, 9.17) is 4.74 Å². The van der Waals surface area contributed by atoms with E-state index >= 15 is 0 Å². The molecule has 0 radical (unpaired) electrons. The van der Waals surface area contributed by atoms with Gasteiger partial charge >= 0.3 is 0 Å². The van der Waals surface area contributed by atoms with Gasteiger partial charge in [-0.25, -0.2) is 0 Å². The summed E-state index contributed by atoms with van der Waals surface area (Å²) in [5.41, 5.74) is 0. The minimum absolute atomic E-state index is 0.505. The first kappa shape index (κ1) is 10.4. The van der Waals surface area contributed by atoms with Crippen LogP contribution in [-0.4, -0.2) is 50.3 Å². The molecular weight excluding hydrogens is 176 g/mol. The number of rotatable bonds is 2. The van der Waals surface area contributed by atoms with Crippen molar-refractivity contribution in [3.63, 3.8) is 0 Å². The Balaban J connectivity index is 1.83. The summed E-state index contributed by atoms with van der Waals surface area (Å²) in [4.78, 5) is 2.51. The van der Waals surface area contributed by atoms with E-state index < -0.39 is 0 Å². The molecule has 14 heavy (non-hydrogen) atoms. The fourth-order valence-electron chi connectivity index (χ4n) is 2.52. The summed E-state index contributed by atoms with van der Waals surface area (Å²) < 4.78 is 5.88. The lowest BCUT2D eigenvalue weighted by atomic mass is 9.91. The van der Waals surface area contributed by atoms with Crippen LogP contribution < -0.4 is 5.32 Å². The Bertz CT molecular complexity index is 169. The van der Waals surface area contributed by atoms with Crippen LogP contribution in [0.25, 0.3) is 0 Å². The van der Waals surface area contributed by atoms with Gasteiger partial charge in [-0.2, -0.15) is 0 Å². The molecule has 0 bridgehead atoms. The number of hydrogen-bond acceptors (Lipinski definition) is 3. The van der Waals surface area contributed by atoms with E-state index in [1.807, 2.05) is 0 Å². The zero-order valence-corrected chi connectivity index (χ0v) is 9.17. The van der Waals surface area contributed by atoms with E-state index in [0.717, 1.165) is 25.6 Å². The molecule has 0 aromatic heterocycles. The molecule has 0 spiro atoms. The van der Waals surface area contributed by atoms with Crippen molar-refractivity contribution in [1.29, 1.82) is 0 Å². The van der Waals surface area contributed by atoms with Gasteiger partial charge < -0.3 is 10.1 Å². The highest BCUT2D eigenvalue weighted by atomic mass is 16.5. The lowest BCUT2D eigenvalue weighted by Crippen LogP contribution is -2.47. The number of ether oxygens (including phenoxy) is 1. The largest absolute Gasteiger partial charge is 0.375 e. The first-order chi connectivity index (χ1) is 6.90. The number of morpholine rings is 1. The predicted octanol–water partition coefficient (Wildman–Crippen LogP) is 0.707. The molecule has 0 amide bonds. The van der Waals surface area contributed by atoms with Gasteiger partial charge in [0.05, 0.1) is 12.7 Å². The molecule has 0 saturated carbocycles. The highest BCUT2D eigenvalue weighted by Crippen LogP contribution is 2.21. The highest BCUT2D eigenvalue weighted by Gasteiger charge is 2.28. The van der Waals surface area contributed by atoms with Crippen LogP contribution in [0.4, 0.5) is 0 Å². The molecule has 2 rings (SSSR count). The second kappa shape index (κ2) is 5.10. The Morgan fingerprint density at radius 3 is 2.86 bits per heavy atom. The number of likely N-dealkylation sites (N-methyl/N-ethyl adjacent to an activating group) is 1. The van der Waals surface area contributed by atoms with Crippen molar-refractivity contribution in [1.82, 2.24) is 10.2 Å². The van der Waals surface area contributed by atoms with Crippen molar-refractivity contribution in [2.75, 3.05) is 39.3 Å². The maximum atomic E-state index is 5.88. The molecule has 0 aliphatic carbocycles. The Morgan fingerprint density at radius 1 is 1.36 bits per heavy atom. The van der Waals surface area contributed by atoms with Gasteiger partial charge in [-0.1, -0.05) is 6.92 Å². The Kier molecular flexibility index (Phi) is 3.79. The summed E-state index contributed by atoms with van der Waals surface area (Å²) in [6.45, 7) is 8.98. The average molecular weight is 198 g/mol. The van der Waals surface area contributed by atoms with E-state index in [-0.39, 0.29) is 0 Å². The summed E-state index contributed by atoms with van der Waals surface area (Å²) >= 11 is 0. The monoisotopic (exact) mass is 198 g/mol. The zero-order chi connectivity index (χ0) is 9.80. The number of nitrogens with zero attached hydrogens (tertiary/aromatic N) is 1. The van der Waals surface area contributed by atoms with Gasteiger partial charge in [0.1, 0.15) is 0 Å². The van der Waals surface area contributed by atoms with E-state index in [2.05, 4.69) is 17.1 Å². The smallest absolute Gasteiger partial charge is 0.0731 e. The first-order valence-corrected chi connectivity index (χ1v) is 5.95. The van der Waals surface area contributed by atoms with Gasteiger partial charge in [-0.3, -0.25) is 4.90 Å². The number of nitrogens with one attached hydrogen (secondary N) is 1. The fraction of sp³-hybridized carbons (Fsp3) is 1.00. The van der Waals surface area contributed by atoms with E-state index in [1.54, 1.807) is 0 Å². The predicted molar refractivity (Wildman–Crippen MR) is 57.4 cm³/mol. The molecule has 0 unspecified atom stereocenters. The third-order valence-electron chi connectivity index (χ3n) is 3.53. The molecular formula is C11H22N2O. The molecule has 82 valence electrons. The lowest BCUT2D eigenvalue weighted by molar-refractivity contribution is -0.0618. The molecule has 1 N–H and O–H groups in total. The molecule has 0 aromatic rings. The Morgan fingerprint density at radius 2 is 2.14 bits per heavy atom. The molecule has 2 saturated heterocycles. The minimum Gasteiger partial charge on any atom is -0.375 e. The van der Waals surface area contributed by atoms with Gasteiger partial charge in [0.2, 0.25) is 0 Å². The molecule has 1 atom stereocenters. The van der Waals surface area contributed by atoms with Crippen molar-refractivity contribution < 1.29 is 4.74 Å². The van der Waals surface area contributed by atoms with E-state index in [9.17, 15) is 0 Å². The maximum absolute atomic E-state index is 5.88. The normalized spacial score (nSPS) is 31.9. The fourth-order valence-corrected chi connectivity index (χ4v) is 2.52. The van der Waals surface area contributed by atoms with E-state index in [0.29, 0.717) is 6.10 Å². The molecule has 2 aliphatic rings. The first-order valence-electron chi connectivity index (χ1n) is 5.95. The second-order valence-corrected chi connectivity index (χ2v) is 4.39. The maximum Gasteiger partial charge on any atom is 0.0731 e. The van der Waals surface area contributed by atoms with Gasteiger partial charge in [-0.05, 0) is 38.4 Å². The van der Waals surface area contributed by atoms with Crippen LogP contribution in [0.1, 0.15) is 19.8 Å². The Hall–Kier alpha value is -0.120. The van der Waals surface area contributed by atoms with Gasteiger partial charge in [0.25, 0.3) is 0 Å². The molecule has 2 heterocycles. The summed E-state index contributed by atoms with van der Waals surface area (Å²) in [5, 5.41) is 3.41. The van der Waals surface area contributed by atoms with E-state index in [1.165, 1.54) is 32.5 Å². The summed E-state index contributed by atoms with van der Waals surface area (Å²) in [7, 11) is 0. The van der Waals surface area contributed by atoms with Crippen molar-refractivity contribution in [3.05, 3.63) is 0 Å². The van der Waals surface area contributed by atoms with Crippen LogP contribution in [0.5, 0.6) is 0 Å². The SMILES string of the molecule is CCN1CCO[C@@H](C2CCNCC2)C1. The van der Waals surface area contributed by atoms with Gasteiger partial charge in [0.15, 0.2) is 0 Å². The molecule has 2 aliphatic heterocycles. The third-order valence-corrected chi connectivity index (χ3v) is 3.53. The van der Waals surface area contributed by atoms with Crippen molar-refractivity contribution in [2.24, 2.45) is 5.92 Å². The minimum atomic E-state index is 0.505. The average Bonchev–Trinajstić information content (AvgIpc) is 2.30. The molecule has 3 nitrogen and oxygen atoms in total. The standard InChI is InChI=1S/C11H22N2O/c1-2-13-7-8-14-11(9-13)10-3-5-12-6-4-10/h10-12H,2-9H2,1H3/t11-/m1/s1. The van der Waals surface area contributed by atoms with Crippen LogP contribution in [0.2, 0.25) is 0 Å². The Labute approximate surface area is 86.8 Å². The summed E-state index contributed by atoms with van der Waals surface area (Å²) in [6, 6.07) is 0. The second-order valence-electron chi connectivity index (χ2n) is 4.39. The van der Waals surface area contributed by atoms with Crippen molar-refractivity contribution >= 4 is 0 Å². The topological polar surface area (TPSA) is 24.5 Å². The number of hydrogen-bond donors (Lipinski definition) is 1. The molecule has 3 heteroatoms. The van der Waals surface area contributed by atoms with Crippen LogP contribution in [0, 0.1) is 5.92 Å². The zero-order valence-electron chi connectivity index (χ0n) is 9.17. The van der Waals surface area contributed by atoms with Crippen LogP contribution in [-0.2, 0) is 4.74 Å². The van der Waals surface area contributed by atoms with Crippen LogP contribution in [0.15, 0.2) is 0 Å². The highest BCUT2D eigenvalue weighted by molar-refractivity contribution is 4.81. The summed E-state index contributed by atoms with van der Waals surface area (Å²) in [5.74, 6) is 0.797.